The van der Waals surface area contributed by atoms with Gasteiger partial charge in [0.05, 0.1) is 25.8 Å². The molecule has 43 heavy (non-hydrogen) atoms. The Morgan fingerprint density at radius 3 is 2.42 bits per heavy atom. The van der Waals surface area contributed by atoms with Crippen LogP contribution in [0.5, 0.6) is 5.75 Å². The van der Waals surface area contributed by atoms with Gasteiger partial charge in [0.1, 0.15) is 24.0 Å². The van der Waals surface area contributed by atoms with Crippen molar-refractivity contribution in [1.82, 2.24) is 10.6 Å². The molecule has 9 nitrogen and oxygen atoms in total. The van der Waals surface area contributed by atoms with Crippen molar-refractivity contribution in [3.05, 3.63) is 65.2 Å². The van der Waals surface area contributed by atoms with Gasteiger partial charge in [0.2, 0.25) is 0 Å². The van der Waals surface area contributed by atoms with E-state index in [0.717, 1.165) is 17.5 Å². The second-order valence-electron chi connectivity index (χ2n) is 11.6. The zero-order valence-electron chi connectivity index (χ0n) is 25.7. The van der Waals surface area contributed by atoms with Gasteiger partial charge in [-0.05, 0) is 56.4 Å². The van der Waals surface area contributed by atoms with Crippen LogP contribution in [-0.4, -0.2) is 50.1 Å². The molecule has 9 heteroatoms. The van der Waals surface area contributed by atoms with Crippen molar-refractivity contribution in [2.24, 2.45) is 5.92 Å². The standard InChI is InChI=1S/C34H44N2O7/c1-34(2,3)43-32(38)35-20-11-16-28-22-27(17-18-30(28)41-21-19-25-12-7-5-8-13-25)23-29(31(37)40-4)36-33(39)42-24-26-14-9-6-10-15-26/h6,9-10,14-15,17-18,22,25,29H,5,7-8,12-13,19-21,23-24H2,1-4H3,(H,35,38)(H,36,39)/t29-/m0/s1. The van der Waals surface area contributed by atoms with Crippen molar-refractivity contribution in [2.45, 2.75) is 84.0 Å². The first-order valence-corrected chi connectivity index (χ1v) is 14.9. The van der Waals surface area contributed by atoms with Gasteiger partial charge in [-0.3, -0.25) is 0 Å². The second kappa shape index (κ2) is 17.1. The van der Waals surface area contributed by atoms with E-state index in [1.54, 1.807) is 20.8 Å². The van der Waals surface area contributed by atoms with E-state index in [0.29, 0.717) is 23.8 Å². The number of nitrogens with one attached hydrogen (secondary N) is 2. The number of hydrogen-bond acceptors (Lipinski definition) is 7. The van der Waals surface area contributed by atoms with E-state index < -0.39 is 29.8 Å². The fourth-order valence-electron chi connectivity index (χ4n) is 4.79. The summed E-state index contributed by atoms with van der Waals surface area (Å²) in [6, 6.07) is 13.8. The van der Waals surface area contributed by atoms with Crippen LogP contribution in [0.25, 0.3) is 0 Å². The Kier molecular flexibility index (Phi) is 13.2. The van der Waals surface area contributed by atoms with Crippen LogP contribution >= 0.6 is 0 Å². The summed E-state index contributed by atoms with van der Waals surface area (Å²) < 4.78 is 21.7. The van der Waals surface area contributed by atoms with E-state index in [1.807, 2.05) is 48.5 Å². The van der Waals surface area contributed by atoms with Gasteiger partial charge >= 0.3 is 18.2 Å². The van der Waals surface area contributed by atoms with Gasteiger partial charge in [-0.15, -0.1) is 0 Å². The Labute approximate surface area is 255 Å². The van der Waals surface area contributed by atoms with E-state index >= 15 is 0 Å². The number of esters is 1. The first-order valence-electron chi connectivity index (χ1n) is 14.9. The largest absolute Gasteiger partial charge is 0.492 e. The number of benzene rings is 2. The summed E-state index contributed by atoms with van der Waals surface area (Å²) in [6.45, 7) is 6.11. The summed E-state index contributed by atoms with van der Waals surface area (Å²) in [5.41, 5.74) is 1.57. The minimum absolute atomic E-state index is 0.0739. The predicted octanol–water partition coefficient (Wildman–Crippen LogP) is 5.92. The predicted molar refractivity (Wildman–Crippen MR) is 164 cm³/mol. The molecular formula is C34H44N2O7. The highest BCUT2D eigenvalue weighted by atomic mass is 16.6. The van der Waals surface area contributed by atoms with Crippen molar-refractivity contribution in [2.75, 3.05) is 20.3 Å². The molecule has 0 spiro atoms. The van der Waals surface area contributed by atoms with Crippen LogP contribution in [0.1, 0.15) is 76.0 Å². The molecule has 2 N–H and O–H groups in total. The van der Waals surface area contributed by atoms with E-state index in [-0.39, 0.29) is 19.6 Å². The lowest BCUT2D eigenvalue weighted by molar-refractivity contribution is -0.143. The van der Waals surface area contributed by atoms with Gasteiger partial charge < -0.3 is 29.6 Å². The molecule has 0 radical (unpaired) electrons. The molecule has 1 atom stereocenters. The summed E-state index contributed by atoms with van der Waals surface area (Å²) in [7, 11) is 1.27. The highest BCUT2D eigenvalue weighted by Crippen LogP contribution is 2.27. The monoisotopic (exact) mass is 592 g/mol. The number of hydrogen-bond donors (Lipinski definition) is 2. The lowest BCUT2D eigenvalue weighted by Gasteiger charge is -2.21. The van der Waals surface area contributed by atoms with E-state index in [4.69, 9.17) is 18.9 Å². The molecule has 232 valence electrons. The lowest BCUT2D eigenvalue weighted by atomic mass is 9.87. The van der Waals surface area contributed by atoms with Gasteiger partial charge in [-0.1, -0.05) is 80.3 Å². The molecule has 0 bridgehead atoms. The van der Waals surface area contributed by atoms with Gasteiger partial charge in [0.15, 0.2) is 0 Å². The van der Waals surface area contributed by atoms with Gasteiger partial charge in [-0.2, -0.15) is 0 Å². The van der Waals surface area contributed by atoms with Crippen LogP contribution in [0.4, 0.5) is 9.59 Å². The van der Waals surface area contributed by atoms with Crippen LogP contribution in [0.2, 0.25) is 0 Å². The van der Waals surface area contributed by atoms with Crippen molar-refractivity contribution >= 4 is 18.2 Å². The van der Waals surface area contributed by atoms with Crippen molar-refractivity contribution < 1.29 is 33.3 Å². The zero-order valence-corrected chi connectivity index (χ0v) is 25.7. The molecule has 2 aromatic carbocycles. The third kappa shape index (κ3) is 12.7. The van der Waals surface area contributed by atoms with E-state index in [9.17, 15) is 14.4 Å². The Morgan fingerprint density at radius 1 is 0.977 bits per heavy atom. The number of methoxy groups -OCH3 is 1. The summed E-state index contributed by atoms with van der Waals surface area (Å²) in [5, 5.41) is 5.24. The van der Waals surface area contributed by atoms with Crippen molar-refractivity contribution in [1.29, 1.82) is 0 Å². The van der Waals surface area contributed by atoms with Crippen LogP contribution in [0.3, 0.4) is 0 Å². The van der Waals surface area contributed by atoms with E-state index in [1.165, 1.54) is 39.2 Å². The number of rotatable bonds is 11. The first kappa shape index (κ1) is 33.3. The van der Waals surface area contributed by atoms with Crippen LogP contribution < -0.4 is 15.4 Å². The average Bonchev–Trinajstić information content (AvgIpc) is 2.98. The van der Waals surface area contributed by atoms with Crippen molar-refractivity contribution in [3.63, 3.8) is 0 Å². The van der Waals surface area contributed by atoms with Gasteiger partial charge in [0.25, 0.3) is 0 Å². The molecule has 1 fully saturated rings. The summed E-state index contributed by atoms with van der Waals surface area (Å²) >= 11 is 0. The Bertz CT molecular complexity index is 1250. The Balaban J connectivity index is 1.69. The Hall–Kier alpha value is -4.19. The molecule has 0 saturated heterocycles. The summed E-state index contributed by atoms with van der Waals surface area (Å²) in [6.07, 6.45) is 6.19. The lowest BCUT2D eigenvalue weighted by Crippen LogP contribution is -2.43. The van der Waals surface area contributed by atoms with Gasteiger partial charge in [0, 0.05) is 6.42 Å². The SMILES string of the molecule is COC(=O)[C@H](Cc1ccc(OCCC2CCCCC2)c(C#CCNC(=O)OC(C)(C)C)c1)NC(=O)OCc1ccccc1. The molecule has 1 saturated carbocycles. The smallest absolute Gasteiger partial charge is 0.408 e. The topological polar surface area (TPSA) is 112 Å². The minimum atomic E-state index is -0.971. The molecule has 1 aliphatic carbocycles. The second-order valence-corrected chi connectivity index (χ2v) is 11.6. The number of carbonyl (C=O) groups is 3. The maximum Gasteiger partial charge on any atom is 0.408 e. The summed E-state index contributed by atoms with van der Waals surface area (Å²) in [5.74, 6) is 6.73. The highest BCUT2D eigenvalue weighted by molar-refractivity contribution is 5.81. The number of carbonyl (C=O) groups excluding carboxylic acids is 3. The fourth-order valence-corrected chi connectivity index (χ4v) is 4.79. The maximum atomic E-state index is 12.5. The molecule has 3 rings (SSSR count). The Morgan fingerprint density at radius 2 is 1.72 bits per heavy atom. The zero-order chi connectivity index (χ0) is 31.1. The molecule has 1 aliphatic rings. The molecule has 0 aliphatic heterocycles. The fraction of sp³-hybridized carbons (Fsp3) is 0.500. The van der Waals surface area contributed by atoms with Crippen LogP contribution in [0.15, 0.2) is 48.5 Å². The average molecular weight is 593 g/mol. The van der Waals surface area contributed by atoms with Gasteiger partial charge in [-0.25, -0.2) is 14.4 Å². The highest BCUT2D eigenvalue weighted by Gasteiger charge is 2.23. The first-order chi connectivity index (χ1) is 20.6. The maximum absolute atomic E-state index is 12.5. The summed E-state index contributed by atoms with van der Waals surface area (Å²) in [4.78, 5) is 37.0. The molecule has 2 amide bonds. The molecule has 0 heterocycles. The normalized spacial score (nSPS) is 14.0. The van der Waals surface area contributed by atoms with Crippen LogP contribution in [0, 0.1) is 17.8 Å². The number of ether oxygens (including phenoxy) is 4. The molecule has 0 unspecified atom stereocenters. The van der Waals surface area contributed by atoms with Crippen molar-refractivity contribution in [3.8, 4) is 17.6 Å². The molecular weight excluding hydrogens is 548 g/mol. The number of alkyl carbamates (subject to hydrolysis) is 2. The molecule has 0 aromatic heterocycles. The van der Waals surface area contributed by atoms with Crippen LogP contribution in [-0.2, 0) is 32.0 Å². The number of amides is 2. The third-order valence-corrected chi connectivity index (χ3v) is 6.93. The van der Waals surface area contributed by atoms with E-state index in [2.05, 4.69) is 22.5 Å². The third-order valence-electron chi connectivity index (χ3n) is 6.93. The minimum Gasteiger partial charge on any atom is -0.492 e. The quantitative estimate of drug-likeness (QED) is 0.189. The molecule has 2 aromatic rings.